The van der Waals surface area contributed by atoms with Gasteiger partial charge in [-0.05, 0) is 56.2 Å². The monoisotopic (exact) mass is 607 g/mol. The lowest BCUT2D eigenvalue weighted by atomic mass is 10.0. The lowest BCUT2D eigenvalue weighted by molar-refractivity contribution is -0.140. The standard InChI is InChI=1S/C34H45N3O5S/c1-5-6-7-8-9-14-21-37(32(40)28(23-43)36-33(41)42-34(2,3)4)30(27-17-12-13-18-29(27)38)31(39)35-26-20-19-24-15-10-11-16-25(24)22-26/h10-13,15-20,22,28,30,38,43H,5-9,14,21,23H2,1-4H3,(H,35,39)(H,36,41). The number of unbranched alkanes of at least 4 members (excludes halogenated alkanes) is 5. The van der Waals surface area contributed by atoms with E-state index in [0.29, 0.717) is 12.1 Å². The Morgan fingerprint density at radius 2 is 1.56 bits per heavy atom. The summed E-state index contributed by atoms with van der Waals surface area (Å²) in [4.78, 5) is 42.3. The summed E-state index contributed by atoms with van der Waals surface area (Å²) in [5, 5.41) is 18.5. The van der Waals surface area contributed by atoms with Crippen LogP contribution in [0.1, 0.15) is 77.8 Å². The molecule has 2 atom stereocenters. The van der Waals surface area contributed by atoms with Crippen molar-refractivity contribution in [1.82, 2.24) is 10.2 Å². The number of hydrogen-bond donors (Lipinski definition) is 4. The first-order chi connectivity index (χ1) is 20.5. The van der Waals surface area contributed by atoms with Gasteiger partial charge >= 0.3 is 6.09 Å². The minimum atomic E-state index is -1.17. The van der Waals surface area contributed by atoms with Crippen molar-refractivity contribution in [3.05, 3.63) is 72.3 Å². The van der Waals surface area contributed by atoms with E-state index >= 15 is 0 Å². The number of para-hydroxylation sites is 1. The van der Waals surface area contributed by atoms with Gasteiger partial charge in [-0.1, -0.05) is 87.6 Å². The molecule has 3 amide bonds. The van der Waals surface area contributed by atoms with Gasteiger partial charge in [-0.15, -0.1) is 0 Å². The first-order valence-electron chi connectivity index (χ1n) is 15.0. The van der Waals surface area contributed by atoms with Crippen molar-refractivity contribution in [1.29, 1.82) is 0 Å². The zero-order valence-electron chi connectivity index (χ0n) is 25.6. The number of carbonyl (C=O) groups excluding carboxylic acids is 3. The smallest absolute Gasteiger partial charge is 0.408 e. The number of ether oxygens (including phenoxy) is 1. The van der Waals surface area contributed by atoms with Crippen LogP contribution >= 0.6 is 12.6 Å². The van der Waals surface area contributed by atoms with Crippen LogP contribution in [0.3, 0.4) is 0 Å². The average Bonchev–Trinajstić information content (AvgIpc) is 2.96. The summed E-state index contributed by atoms with van der Waals surface area (Å²) in [5.41, 5.74) is 0.0916. The van der Waals surface area contributed by atoms with E-state index in [1.54, 1.807) is 39.0 Å². The number of benzene rings is 3. The number of anilines is 1. The van der Waals surface area contributed by atoms with E-state index in [9.17, 15) is 19.5 Å². The number of nitrogens with zero attached hydrogens (tertiary/aromatic N) is 1. The molecule has 0 aliphatic carbocycles. The van der Waals surface area contributed by atoms with Crippen molar-refractivity contribution >= 4 is 47.0 Å². The second-order valence-electron chi connectivity index (χ2n) is 11.7. The van der Waals surface area contributed by atoms with Crippen LogP contribution in [0.25, 0.3) is 10.8 Å². The molecule has 8 nitrogen and oxygen atoms in total. The molecule has 232 valence electrons. The zero-order valence-corrected chi connectivity index (χ0v) is 26.5. The molecular formula is C34H45N3O5S. The fourth-order valence-electron chi connectivity index (χ4n) is 4.91. The molecule has 3 rings (SSSR count). The minimum Gasteiger partial charge on any atom is -0.508 e. The fraction of sp³-hybridized carbons (Fsp3) is 0.441. The zero-order chi connectivity index (χ0) is 31.4. The Bertz CT molecular complexity index is 1370. The molecule has 0 radical (unpaired) electrons. The molecule has 0 aliphatic heterocycles. The van der Waals surface area contributed by atoms with Gasteiger partial charge in [0, 0.05) is 23.5 Å². The van der Waals surface area contributed by atoms with E-state index in [-0.39, 0.29) is 23.6 Å². The predicted octanol–water partition coefficient (Wildman–Crippen LogP) is 7.24. The maximum atomic E-state index is 14.1. The summed E-state index contributed by atoms with van der Waals surface area (Å²) < 4.78 is 5.39. The maximum Gasteiger partial charge on any atom is 0.408 e. The number of aromatic hydroxyl groups is 1. The van der Waals surface area contributed by atoms with Crippen LogP contribution in [0.4, 0.5) is 10.5 Å². The molecule has 2 unspecified atom stereocenters. The van der Waals surface area contributed by atoms with Gasteiger partial charge in [0.2, 0.25) is 5.91 Å². The van der Waals surface area contributed by atoms with Crippen molar-refractivity contribution < 1.29 is 24.2 Å². The highest BCUT2D eigenvalue weighted by Crippen LogP contribution is 2.32. The number of phenols is 1. The fourth-order valence-corrected chi connectivity index (χ4v) is 5.16. The molecule has 43 heavy (non-hydrogen) atoms. The molecule has 0 aromatic heterocycles. The van der Waals surface area contributed by atoms with E-state index < -0.39 is 35.6 Å². The topological polar surface area (TPSA) is 108 Å². The molecule has 9 heteroatoms. The number of rotatable bonds is 14. The van der Waals surface area contributed by atoms with E-state index in [0.717, 1.165) is 42.9 Å². The third-order valence-corrected chi connectivity index (χ3v) is 7.38. The van der Waals surface area contributed by atoms with Crippen molar-refractivity contribution in [2.45, 2.75) is 83.9 Å². The maximum absolute atomic E-state index is 14.1. The van der Waals surface area contributed by atoms with Crippen LogP contribution in [-0.4, -0.2) is 51.9 Å². The Morgan fingerprint density at radius 1 is 0.907 bits per heavy atom. The van der Waals surface area contributed by atoms with Crippen molar-refractivity contribution in [3.63, 3.8) is 0 Å². The molecule has 3 N–H and O–H groups in total. The van der Waals surface area contributed by atoms with Crippen LogP contribution in [-0.2, 0) is 14.3 Å². The van der Waals surface area contributed by atoms with Crippen molar-refractivity contribution in [2.75, 3.05) is 17.6 Å². The summed E-state index contributed by atoms with van der Waals surface area (Å²) >= 11 is 4.36. The van der Waals surface area contributed by atoms with E-state index in [4.69, 9.17) is 4.74 Å². The van der Waals surface area contributed by atoms with Gasteiger partial charge in [0.05, 0.1) is 0 Å². The Balaban J connectivity index is 1.97. The summed E-state index contributed by atoms with van der Waals surface area (Å²) in [6.07, 6.45) is 5.12. The first kappa shape index (κ1) is 33.8. The van der Waals surface area contributed by atoms with Gasteiger partial charge in [0.25, 0.3) is 5.91 Å². The second kappa shape index (κ2) is 16.2. The van der Waals surface area contributed by atoms with Crippen LogP contribution < -0.4 is 10.6 Å². The Morgan fingerprint density at radius 3 is 2.23 bits per heavy atom. The SMILES string of the molecule is CCCCCCCCN(C(=O)C(CS)NC(=O)OC(C)(C)C)C(C(=O)Nc1ccc2ccccc2c1)c1ccccc1O. The van der Waals surface area contributed by atoms with Gasteiger partial charge < -0.3 is 25.4 Å². The third kappa shape index (κ3) is 10.2. The van der Waals surface area contributed by atoms with Crippen LogP contribution in [0.5, 0.6) is 5.75 Å². The quantitative estimate of drug-likeness (QED) is 0.114. The van der Waals surface area contributed by atoms with Gasteiger partial charge in [-0.25, -0.2) is 4.79 Å². The minimum absolute atomic E-state index is 0.00907. The number of carbonyl (C=O) groups is 3. The third-order valence-electron chi connectivity index (χ3n) is 7.02. The predicted molar refractivity (Wildman–Crippen MR) is 176 cm³/mol. The number of amides is 3. The van der Waals surface area contributed by atoms with Gasteiger partial charge in [-0.3, -0.25) is 9.59 Å². The lowest BCUT2D eigenvalue weighted by Crippen LogP contribution is -2.53. The lowest BCUT2D eigenvalue weighted by Gasteiger charge is -2.34. The number of alkyl carbamates (subject to hydrolysis) is 1. The summed E-state index contributed by atoms with van der Waals surface area (Å²) in [5.74, 6) is -1.09. The van der Waals surface area contributed by atoms with Crippen LogP contribution in [0.15, 0.2) is 66.7 Å². The highest BCUT2D eigenvalue weighted by Gasteiger charge is 2.37. The molecule has 0 bridgehead atoms. The Hall–Kier alpha value is -3.72. The van der Waals surface area contributed by atoms with E-state index in [1.807, 2.05) is 42.5 Å². The number of thiol groups is 1. The first-order valence-corrected chi connectivity index (χ1v) is 15.7. The molecule has 0 fully saturated rings. The largest absolute Gasteiger partial charge is 0.508 e. The molecule has 3 aromatic carbocycles. The van der Waals surface area contributed by atoms with Crippen molar-refractivity contribution in [2.24, 2.45) is 0 Å². The van der Waals surface area contributed by atoms with Crippen LogP contribution in [0.2, 0.25) is 0 Å². The molecule has 0 spiro atoms. The number of nitrogens with one attached hydrogen (secondary N) is 2. The summed E-state index contributed by atoms with van der Waals surface area (Å²) in [6, 6.07) is 17.7. The average molecular weight is 608 g/mol. The highest BCUT2D eigenvalue weighted by molar-refractivity contribution is 7.80. The van der Waals surface area contributed by atoms with Gasteiger partial charge in [0.1, 0.15) is 23.4 Å². The normalized spacial score (nSPS) is 12.8. The Kier molecular flexibility index (Phi) is 12.7. The van der Waals surface area contributed by atoms with E-state index in [2.05, 4.69) is 30.2 Å². The number of hydrogen-bond acceptors (Lipinski definition) is 6. The number of phenolic OH excluding ortho intramolecular Hbond substituents is 1. The summed E-state index contributed by atoms with van der Waals surface area (Å²) in [6.45, 7) is 7.61. The van der Waals surface area contributed by atoms with Gasteiger partial charge in [0.15, 0.2) is 0 Å². The van der Waals surface area contributed by atoms with E-state index in [1.165, 1.54) is 11.0 Å². The van der Waals surface area contributed by atoms with Gasteiger partial charge in [-0.2, -0.15) is 12.6 Å². The van der Waals surface area contributed by atoms with Crippen molar-refractivity contribution in [3.8, 4) is 5.75 Å². The molecular weight excluding hydrogens is 562 g/mol. The molecule has 3 aromatic rings. The second-order valence-corrected chi connectivity index (χ2v) is 12.1. The number of fused-ring (bicyclic) bond motifs is 1. The molecule has 0 saturated heterocycles. The molecule has 0 aliphatic rings. The molecule has 0 saturated carbocycles. The Labute approximate surface area is 260 Å². The highest BCUT2D eigenvalue weighted by atomic mass is 32.1. The van der Waals surface area contributed by atoms with Crippen LogP contribution in [0, 0.1) is 0 Å². The summed E-state index contributed by atoms with van der Waals surface area (Å²) in [7, 11) is 0. The molecule has 0 heterocycles.